The van der Waals surface area contributed by atoms with E-state index >= 15 is 0 Å². The molecule has 2 amide bonds. The Morgan fingerprint density at radius 2 is 1.76 bits per heavy atom. The smallest absolute Gasteiger partial charge is 0.449 e. The van der Waals surface area contributed by atoms with Crippen molar-refractivity contribution in [3.8, 4) is 0 Å². The van der Waals surface area contributed by atoms with Crippen molar-refractivity contribution in [2.75, 3.05) is 32.8 Å². The van der Waals surface area contributed by atoms with Crippen molar-refractivity contribution in [1.82, 2.24) is 25.2 Å². The predicted molar refractivity (Wildman–Crippen MR) is 112 cm³/mol. The molecule has 1 aliphatic carbocycles. The van der Waals surface area contributed by atoms with Crippen LogP contribution in [0.2, 0.25) is 0 Å². The van der Waals surface area contributed by atoms with Crippen molar-refractivity contribution < 1.29 is 32.2 Å². The van der Waals surface area contributed by atoms with Gasteiger partial charge >= 0.3 is 12.5 Å². The van der Waals surface area contributed by atoms with Crippen LogP contribution in [0.3, 0.4) is 0 Å². The molecular weight excluding hydrogens is 455 g/mol. The lowest BCUT2D eigenvalue weighted by Crippen LogP contribution is -2.36. The fraction of sp³-hybridized carbons (Fsp3) is 0.455. The average molecular weight is 477 g/mol. The van der Waals surface area contributed by atoms with Gasteiger partial charge in [0.15, 0.2) is 0 Å². The van der Waals surface area contributed by atoms with E-state index in [1.807, 2.05) is 0 Å². The van der Waals surface area contributed by atoms with Crippen LogP contribution in [0.15, 0.2) is 42.2 Å². The second kappa shape index (κ2) is 8.65. The number of hydrogen-bond acceptors (Lipinski definition) is 6. The van der Waals surface area contributed by atoms with Gasteiger partial charge < -0.3 is 19.3 Å². The highest BCUT2D eigenvalue weighted by molar-refractivity contribution is 5.97. The van der Waals surface area contributed by atoms with Gasteiger partial charge in [-0.3, -0.25) is 4.79 Å². The number of ether oxygens (including phenoxy) is 2. The topological polar surface area (TPSA) is 101 Å². The van der Waals surface area contributed by atoms with E-state index in [1.54, 1.807) is 34.1 Å². The lowest BCUT2D eigenvalue weighted by atomic mass is 10.0. The molecule has 0 saturated carbocycles. The van der Waals surface area contributed by atoms with E-state index in [1.165, 1.54) is 12.2 Å². The Kier molecular flexibility index (Phi) is 5.66. The minimum Gasteiger partial charge on any atom is -0.449 e. The standard InChI is InChI=1S/C22H22F3N5O4/c23-22(24,25)34-17-3-1-2-13(6-17)12-33-21(32)30-10-15-8-29(9-16(15)11-30)20(31)14-4-5-18-19(7-14)27-28-26-18/h1,3-7,13,15-16H,2,8-12H2,(H,26,27,28)/t13?,15-,16?/m1/s1. The van der Waals surface area contributed by atoms with E-state index in [-0.39, 0.29) is 36.0 Å². The Bertz CT molecular complexity index is 1150. The number of halogens is 3. The van der Waals surface area contributed by atoms with E-state index in [9.17, 15) is 22.8 Å². The Morgan fingerprint density at radius 3 is 2.50 bits per heavy atom. The maximum atomic E-state index is 12.9. The molecule has 2 aliphatic heterocycles. The van der Waals surface area contributed by atoms with Crippen LogP contribution in [0, 0.1) is 17.8 Å². The van der Waals surface area contributed by atoms with Gasteiger partial charge in [-0.2, -0.15) is 15.4 Å². The molecule has 0 radical (unpaired) electrons. The second-order valence-corrected chi connectivity index (χ2v) is 8.75. The van der Waals surface area contributed by atoms with Crippen LogP contribution in [-0.4, -0.2) is 76.4 Å². The molecular formula is C22H22F3N5O4. The molecule has 34 heavy (non-hydrogen) atoms. The lowest BCUT2D eigenvalue weighted by Gasteiger charge is -2.23. The molecule has 2 aromatic rings. The summed E-state index contributed by atoms with van der Waals surface area (Å²) in [6.07, 6.45) is -0.666. The molecule has 3 heterocycles. The van der Waals surface area contributed by atoms with Gasteiger partial charge in [-0.15, -0.1) is 13.2 Å². The first-order chi connectivity index (χ1) is 16.2. The van der Waals surface area contributed by atoms with Crippen molar-refractivity contribution in [3.05, 3.63) is 47.7 Å². The highest BCUT2D eigenvalue weighted by Gasteiger charge is 2.43. The number of rotatable bonds is 4. The Balaban J connectivity index is 1.11. The monoisotopic (exact) mass is 477 g/mol. The Morgan fingerprint density at radius 1 is 1.06 bits per heavy atom. The summed E-state index contributed by atoms with van der Waals surface area (Å²) < 4.78 is 46.5. The van der Waals surface area contributed by atoms with Gasteiger partial charge in [0.1, 0.15) is 16.8 Å². The second-order valence-electron chi connectivity index (χ2n) is 8.75. The molecule has 1 aromatic heterocycles. The number of H-pyrrole nitrogens is 1. The van der Waals surface area contributed by atoms with Crippen molar-refractivity contribution in [3.63, 3.8) is 0 Å². The summed E-state index contributed by atoms with van der Waals surface area (Å²) in [7, 11) is 0. The molecule has 2 fully saturated rings. The van der Waals surface area contributed by atoms with Crippen molar-refractivity contribution in [2.24, 2.45) is 17.8 Å². The zero-order valence-corrected chi connectivity index (χ0v) is 18.0. The van der Waals surface area contributed by atoms with Gasteiger partial charge in [0.25, 0.3) is 5.91 Å². The van der Waals surface area contributed by atoms with E-state index in [0.717, 1.165) is 0 Å². The number of aromatic amines is 1. The number of amides is 2. The van der Waals surface area contributed by atoms with Gasteiger partial charge in [0, 0.05) is 49.5 Å². The third-order valence-corrected chi connectivity index (χ3v) is 6.37. The number of carbonyl (C=O) groups is 2. The molecule has 0 bridgehead atoms. The molecule has 0 spiro atoms. The average Bonchev–Trinajstić information content (AvgIpc) is 3.50. The van der Waals surface area contributed by atoms with Crippen LogP contribution >= 0.6 is 0 Å². The zero-order valence-electron chi connectivity index (χ0n) is 18.0. The van der Waals surface area contributed by atoms with Crippen LogP contribution < -0.4 is 0 Å². The number of alkyl halides is 3. The molecule has 1 aromatic carbocycles. The number of carbonyl (C=O) groups excluding carboxylic acids is 2. The zero-order chi connectivity index (χ0) is 23.9. The summed E-state index contributed by atoms with van der Waals surface area (Å²) in [4.78, 5) is 28.8. The number of likely N-dealkylation sites (tertiary alicyclic amines) is 2. The van der Waals surface area contributed by atoms with Gasteiger partial charge in [-0.25, -0.2) is 4.79 Å². The van der Waals surface area contributed by atoms with E-state index in [4.69, 9.17) is 4.74 Å². The highest BCUT2D eigenvalue weighted by atomic mass is 19.4. The molecule has 1 N–H and O–H groups in total. The molecule has 3 aliphatic rings. The minimum absolute atomic E-state index is 0.0329. The fourth-order valence-corrected chi connectivity index (χ4v) is 4.77. The minimum atomic E-state index is -4.76. The Labute approximate surface area is 192 Å². The van der Waals surface area contributed by atoms with E-state index in [2.05, 4.69) is 20.1 Å². The largest absolute Gasteiger partial charge is 0.573 e. The summed E-state index contributed by atoms with van der Waals surface area (Å²) in [6.45, 7) is 1.99. The van der Waals surface area contributed by atoms with Gasteiger partial charge in [0.2, 0.25) is 0 Å². The number of benzene rings is 1. The molecule has 180 valence electrons. The van der Waals surface area contributed by atoms with E-state index in [0.29, 0.717) is 49.2 Å². The molecule has 2 unspecified atom stereocenters. The van der Waals surface area contributed by atoms with Gasteiger partial charge in [0.05, 0.1) is 6.61 Å². The van der Waals surface area contributed by atoms with Gasteiger partial charge in [-0.05, 0) is 36.8 Å². The highest BCUT2D eigenvalue weighted by Crippen LogP contribution is 2.33. The number of fused-ring (bicyclic) bond motifs is 2. The Hall–Kier alpha value is -3.57. The SMILES string of the molecule is O=C(OCC1C=C(OC(F)(F)F)C=CC1)N1CC2CN(C(=O)c3ccc4n[nH]nc4c3)C[C@@H]2C1. The summed E-state index contributed by atoms with van der Waals surface area (Å²) in [5, 5.41) is 10.5. The molecule has 5 rings (SSSR count). The third-order valence-electron chi connectivity index (χ3n) is 6.37. The predicted octanol–water partition coefficient (Wildman–Crippen LogP) is 3.09. The van der Waals surface area contributed by atoms with Crippen LogP contribution in [0.1, 0.15) is 16.8 Å². The molecule has 3 atom stereocenters. The van der Waals surface area contributed by atoms with Crippen LogP contribution in [0.5, 0.6) is 0 Å². The first-order valence-electron chi connectivity index (χ1n) is 10.9. The molecule has 12 heteroatoms. The van der Waals surface area contributed by atoms with Gasteiger partial charge in [-0.1, -0.05) is 6.08 Å². The number of aromatic nitrogens is 3. The number of allylic oxidation sites excluding steroid dienone is 2. The first-order valence-corrected chi connectivity index (χ1v) is 10.9. The quantitative estimate of drug-likeness (QED) is 0.727. The fourth-order valence-electron chi connectivity index (χ4n) is 4.77. The normalized spacial score (nSPS) is 24.3. The summed E-state index contributed by atoms with van der Waals surface area (Å²) in [6, 6.07) is 5.18. The van der Waals surface area contributed by atoms with Crippen molar-refractivity contribution in [1.29, 1.82) is 0 Å². The lowest BCUT2D eigenvalue weighted by molar-refractivity contribution is -0.303. The molecule has 9 nitrogen and oxygen atoms in total. The van der Waals surface area contributed by atoms with Crippen molar-refractivity contribution in [2.45, 2.75) is 12.8 Å². The number of nitrogens with zero attached hydrogens (tertiary/aromatic N) is 4. The van der Waals surface area contributed by atoms with Crippen LogP contribution in [0.25, 0.3) is 11.0 Å². The van der Waals surface area contributed by atoms with Crippen LogP contribution in [-0.2, 0) is 9.47 Å². The summed E-state index contributed by atoms with van der Waals surface area (Å²) in [5.74, 6) is -0.470. The number of nitrogens with one attached hydrogen (secondary N) is 1. The van der Waals surface area contributed by atoms with Crippen LogP contribution in [0.4, 0.5) is 18.0 Å². The maximum absolute atomic E-state index is 12.9. The van der Waals surface area contributed by atoms with Crippen molar-refractivity contribution >= 4 is 23.0 Å². The summed E-state index contributed by atoms with van der Waals surface area (Å²) in [5.41, 5.74) is 1.86. The number of hydrogen-bond donors (Lipinski definition) is 1. The first kappa shape index (κ1) is 22.2. The third kappa shape index (κ3) is 4.70. The summed E-state index contributed by atoms with van der Waals surface area (Å²) >= 11 is 0. The van der Waals surface area contributed by atoms with E-state index < -0.39 is 12.5 Å². The maximum Gasteiger partial charge on any atom is 0.573 e. The molecule has 2 saturated heterocycles.